The van der Waals surface area contributed by atoms with Gasteiger partial charge >= 0.3 is 0 Å². The molecule has 0 spiro atoms. The van der Waals surface area contributed by atoms with Crippen LogP contribution in [0.3, 0.4) is 0 Å². The Hall–Kier alpha value is -1.39. The van der Waals surface area contributed by atoms with Crippen molar-refractivity contribution in [2.45, 2.75) is 13.0 Å². The van der Waals surface area contributed by atoms with Crippen molar-refractivity contribution in [1.82, 2.24) is 0 Å². The van der Waals surface area contributed by atoms with E-state index >= 15 is 0 Å². The van der Waals surface area contributed by atoms with Crippen LogP contribution in [-0.2, 0) is 0 Å². The fourth-order valence-corrected chi connectivity index (χ4v) is 2.56. The highest BCUT2D eigenvalue weighted by molar-refractivity contribution is 9.10. The first kappa shape index (κ1) is 14.0. The number of rotatable bonds is 3. The third kappa shape index (κ3) is 2.96. The standard InChI is InChI=1S/C15H15BrFNO/c1-9-3-5-11(17)8-12(9)15(18)10-4-6-14(19-2)13(16)7-10/h3-8,15H,18H2,1-2H3. The molecule has 0 radical (unpaired) electrons. The van der Waals surface area contributed by atoms with Crippen molar-refractivity contribution in [2.75, 3.05) is 7.11 Å². The van der Waals surface area contributed by atoms with Gasteiger partial charge in [-0.25, -0.2) is 4.39 Å². The zero-order valence-electron chi connectivity index (χ0n) is 10.8. The fraction of sp³-hybridized carbons (Fsp3) is 0.200. The van der Waals surface area contributed by atoms with E-state index in [2.05, 4.69) is 15.9 Å². The summed E-state index contributed by atoms with van der Waals surface area (Å²) in [6, 6.07) is 9.93. The van der Waals surface area contributed by atoms with Gasteiger partial charge in [-0.05, 0) is 63.8 Å². The molecular weight excluding hydrogens is 309 g/mol. The number of ether oxygens (including phenoxy) is 1. The summed E-state index contributed by atoms with van der Waals surface area (Å²) in [7, 11) is 1.61. The topological polar surface area (TPSA) is 35.2 Å². The van der Waals surface area contributed by atoms with E-state index in [-0.39, 0.29) is 11.9 Å². The van der Waals surface area contributed by atoms with Crippen LogP contribution in [0.5, 0.6) is 5.75 Å². The van der Waals surface area contributed by atoms with Crippen molar-refractivity contribution in [3.63, 3.8) is 0 Å². The van der Waals surface area contributed by atoms with Crippen LogP contribution in [0.2, 0.25) is 0 Å². The van der Waals surface area contributed by atoms with Crippen LogP contribution in [0, 0.1) is 12.7 Å². The Kier molecular flexibility index (Phi) is 4.22. The summed E-state index contributed by atoms with van der Waals surface area (Å²) >= 11 is 3.43. The molecule has 0 amide bonds. The average molecular weight is 324 g/mol. The van der Waals surface area contributed by atoms with Gasteiger partial charge in [0, 0.05) is 0 Å². The molecule has 4 heteroatoms. The molecule has 0 aromatic heterocycles. The van der Waals surface area contributed by atoms with Crippen molar-refractivity contribution in [2.24, 2.45) is 5.73 Å². The van der Waals surface area contributed by atoms with Crippen molar-refractivity contribution in [1.29, 1.82) is 0 Å². The number of benzene rings is 2. The van der Waals surface area contributed by atoms with E-state index in [0.717, 1.165) is 26.9 Å². The van der Waals surface area contributed by atoms with Gasteiger partial charge in [0.05, 0.1) is 17.6 Å². The molecule has 0 bridgehead atoms. The lowest BCUT2D eigenvalue weighted by atomic mass is 9.95. The molecule has 0 saturated carbocycles. The van der Waals surface area contributed by atoms with E-state index in [1.807, 2.05) is 25.1 Å². The second kappa shape index (κ2) is 5.72. The summed E-state index contributed by atoms with van der Waals surface area (Å²) in [5, 5.41) is 0. The first-order chi connectivity index (χ1) is 9.02. The van der Waals surface area contributed by atoms with Gasteiger partial charge in [-0.2, -0.15) is 0 Å². The Morgan fingerprint density at radius 1 is 1.21 bits per heavy atom. The number of nitrogens with two attached hydrogens (primary N) is 1. The predicted molar refractivity (Wildman–Crippen MR) is 77.9 cm³/mol. The van der Waals surface area contributed by atoms with Gasteiger partial charge in [0.25, 0.3) is 0 Å². The lowest BCUT2D eigenvalue weighted by Crippen LogP contribution is -2.13. The van der Waals surface area contributed by atoms with Gasteiger partial charge in [0.2, 0.25) is 0 Å². The molecule has 2 aromatic rings. The highest BCUT2D eigenvalue weighted by Gasteiger charge is 2.14. The molecule has 0 aliphatic rings. The zero-order valence-corrected chi connectivity index (χ0v) is 12.4. The molecule has 2 N–H and O–H groups in total. The maximum atomic E-state index is 13.3. The number of hydrogen-bond donors (Lipinski definition) is 1. The first-order valence-electron chi connectivity index (χ1n) is 5.88. The van der Waals surface area contributed by atoms with Crippen LogP contribution < -0.4 is 10.5 Å². The van der Waals surface area contributed by atoms with Crippen molar-refractivity contribution >= 4 is 15.9 Å². The second-order valence-corrected chi connectivity index (χ2v) is 5.23. The Bertz CT molecular complexity index is 601. The first-order valence-corrected chi connectivity index (χ1v) is 6.67. The van der Waals surface area contributed by atoms with Crippen LogP contribution in [0.1, 0.15) is 22.7 Å². The van der Waals surface area contributed by atoms with Gasteiger partial charge < -0.3 is 10.5 Å². The molecule has 0 saturated heterocycles. The zero-order chi connectivity index (χ0) is 14.0. The minimum atomic E-state index is -0.363. The van der Waals surface area contributed by atoms with Gasteiger partial charge in [0.1, 0.15) is 11.6 Å². The third-order valence-electron chi connectivity index (χ3n) is 3.11. The SMILES string of the molecule is COc1ccc(C(N)c2cc(F)ccc2C)cc1Br. The third-order valence-corrected chi connectivity index (χ3v) is 3.73. The van der Waals surface area contributed by atoms with E-state index in [1.54, 1.807) is 13.2 Å². The minimum absolute atomic E-state index is 0.274. The molecule has 0 fully saturated rings. The largest absolute Gasteiger partial charge is 0.496 e. The summed E-state index contributed by atoms with van der Waals surface area (Å²) in [5.74, 6) is 0.468. The highest BCUT2D eigenvalue weighted by atomic mass is 79.9. The Morgan fingerprint density at radius 3 is 2.58 bits per heavy atom. The van der Waals surface area contributed by atoms with Crippen LogP contribution in [0.25, 0.3) is 0 Å². The van der Waals surface area contributed by atoms with Crippen LogP contribution in [0.4, 0.5) is 4.39 Å². The Balaban J connectivity index is 2.41. The average Bonchev–Trinajstić information content (AvgIpc) is 2.40. The summed E-state index contributed by atoms with van der Waals surface area (Å²) in [6.07, 6.45) is 0. The molecule has 19 heavy (non-hydrogen) atoms. The fourth-order valence-electron chi connectivity index (χ4n) is 2.00. The van der Waals surface area contributed by atoms with Gasteiger partial charge in [-0.15, -0.1) is 0 Å². The normalized spacial score (nSPS) is 12.3. The maximum absolute atomic E-state index is 13.3. The van der Waals surface area contributed by atoms with Crippen LogP contribution >= 0.6 is 15.9 Å². The molecule has 1 unspecified atom stereocenters. The molecule has 2 nitrogen and oxygen atoms in total. The summed E-state index contributed by atoms with van der Waals surface area (Å²) in [4.78, 5) is 0. The smallest absolute Gasteiger partial charge is 0.133 e. The van der Waals surface area contributed by atoms with E-state index < -0.39 is 0 Å². The van der Waals surface area contributed by atoms with Crippen molar-refractivity contribution < 1.29 is 9.13 Å². The molecule has 1 atom stereocenters. The minimum Gasteiger partial charge on any atom is -0.496 e. The Morgan fingerprint density at radius 2 is 1.95 bits per heavy atom. The second-order valence-electron chi connectivity index (χ2n) is 4.37. The molecule has 2 aromatic carbocycles. The molecule has 2 rings (SSSR count). The summed E-state index contributed by atoms with van der Waals surface area (Å²) in [6.45, 7) is 1.92. The van der Waals surface area contributed by atoms with E-state index in [1.165, 1.54) is 12.1 Å². The van der Waals surface area contributed by atoms with E-state index in [4.69, 9.17) is 10.5 Å². The van der Waals surface area contributed by atoms with Gasteiger partial charge in [-0.3, -0.25) is 0 Å². The molecule has 0 heterocycles. The molecule has 100 valence electrons. The van der Waals surface area contributed by atoms with Crippen molar-refractivity contribution in [3.8, 4) is 5.75 Å². The van der Waals surface area contributed by atoms with E-state index in [0.29, 0.717) is 0 Å². The van der Waals surface area contributed by atoms with Gasteiger partial charge in [0.15, 0.2) is 0 Å². The van der Waals surface area contributed by atoms with Gasteiger partial charge in [-0.1, -0.05) is 12.1 Å². The highest BCUT2D eigenvalue weighted by Crippen LogP contribution is 2.30. The maximum Gasteiger partial charge on any atom is 0.133 e. The van der Waals surface area contributed by atoms with Crippen LogP contribution in [0.15, 0.2) is 40.9 Å². The predicted octanol–water partition coefficient (Wildman–Crippen LogP) is 3.95. The number of hydrogen-bond acceptors (Lipinski definition) is 2. The van der Waals surface area contributed by atoms with Crippen LogP contribution in [-0.4, -0.2) is 7.11 Å². The summed E-state index contributed by atoms with van der Waals surface area (Å²) < 4.78 is 19.3. The lowest BCUT2D eigenvalue weighted by molar-refractivity contribution is 0.412. The molecular formula is C15H15BrFNO. The monoisotopic (exact) mass is 323 g/mol. The van der Waals surface area contributed by atoms with Crippen molar-refractivity contribution in [3.05, 3.63) is 63.4 Å². The summed E-state index contributed by atoms with van der Waals surface area (Å²) in [5.41, 5.74) is 8.88. The number of aryl methyl sites for hydroxylation is 1. The molecule has 0 aliphatic carbocycles. The van der Waals surface area contributed by atoms with E-state index in [9.17, 15) is 4.39 Å². The quantitative estimate of drug-likeness (QED) is 0.928. The number of halogens is 2. The Labute approximate surface area is 120 Å². The number of methoxy groups -OCH3 is 1. The lowest BCUT2D eigenvalue weighted by Gasteiger charge is -2.16. The molecule has 0 aliphatic heterocycles.